The SMILES string of the molecule is N[C@H](C[C@H](Cc1ccc2ccccc2c1)C(=O)O)C(=O)O. The van der Waals surface area contributed by atoms with Crippen LogP contribution in [0.4, 0.5) is 0 Å². The summed E-state index contributed by atoms with van der Waals surface area (Å²) in [6.45, 7) is 0. The van der Waals surface area contributed by atoms with Gasteiger partial charge in [0.15, 0.2) is 0 Å². The lowest BCUT2D eigenvalue weighted by Gasteiger charge is -2.15. The Hall–Kier alpha value is -2.40. The molecule has 4 N–H and O–H groups in total. The highest BCUT2D eigenvalue weighted by Crippen LogP contribution is 2.20. The molecule has 0 aliphatic carbocycles. The molecular weight excluding hydrogens is 270 g/mol. The number of carboxylic acids is 2. The molecule has 0 saturated heterocycles. The first-order valence-corrected chi connectivity index (χ1v) is 6.66. The fourth-order valence-corrected chi connectivity index (χ4v) is 2.33. The molecule has 0 bridgehead atoms. The fourth-order valence-electron chi connectivity index (χ4n) is 2.33. The molecule has 0 saturated carbocycles. The molecule has 5 nitrogen and oxygen atoms in total. The van der Waals surface area contributed by atoms with E-state index in [4.69, 9.17) is 10.8 Å². The Kier molecular flexibility index (Phi) is 4.55. The van der Waals surface area contributed by atoms with E-state index in [-0.39, 0.29) is 12.8 Å². The van der Waals surface area contributed by atoms with E-state index in [0.717, 1.165) is 16.3 Å². The van der Waals surface area contributed by atoms with E-state index >= 15 is 0 Å². The number of rotatable bonds is 6. The van der Waals surface area contributed by atoms with Crippen molar-refractivity contribution in [3.63, 3.8) is 0 Å². The lowest BCUT2D eigenvalue weighted by Crippen LogP contribution is -2.35. The first kappa shape index (κ1) is 15.0. The van der Waals surface area contributed by atoms with Crippen LogP contribution in [0.15, 0.2) is 42.5 Å². The largest absolute Gasteiger partial charge is 0.481 e. The Bertz CT molecular complexity index is 668. The number of hydrogen-bond acceptors (Lipinski definition) is 3. The molecule has 0 fully saturated rings. The summed E-state index contributed by atoms with van der Waals surface area (Å²) in [5.41, 5.74) is 6.30. The van der Waals surface area contributed by atoms with Gasteiger partial charge in [0, 0.05) is 0 Å². The van der Waals surface area contributed by atoms with Crippen LogP contribution in [-0.4, -0.2) is 28.2 Å². The van der Waals surface area contributed by atoms with Crippen molar-refractivity contribution in [2.75, 3.05) is 0 Å². The molecule has 110 valence electrons. The van der Waals surface area contributed by atoms with E-state index in [1.807, 2.05) is 42.5 Å². The van der Waals surface area contributed by atoms with E-state index in [9.17, 15) is 14.7 Å². The van der Waals surface area contributed by atoms with Crippen LogP contribution in [0.5, 0.6) is 0 Å². The molecule has 0 radical (unpaired) electrons. The van der Waals surface area contributed by atoms with E-state index < -0.39 is 23.9 Å². The molecule has 0 amide bonds. The van der Waals surface area contributed by atoms with Gasteiger partial charge in [0.05, 0.1) is 5.92 Å². The molecule has 0 aromatic heterocycles. The first-order valence-electron chi connectivity index (χ1n) is 6.66. The lowest BCUT2D eigenvalue weighted by atomic mass is 9.92. The molecule has 5 heteroatoms. The summed E-state index contributed by atoms with van der Waals surface area (Å²) in [4.78, 5) is 22.0. The molecule has 0 spiro atoms. The number of aliphatic carboxylic acids is 2. The average molecular weight is 287 g/mol. The molecule has 2 rings (SSSR count). The summed E-state index contributed by atoms with van der Waals surface area (Å²) in [6, 6.07) is 12.4. The van der Waals surface area contributed by atoms with Crippen molar-refractivity contribution in [1.29, 1.82) is 0 Å². The number of benzene rings is 2. The molecule has 2 aromatic rings. The molecule has 0 heterocycles. The summed E-state index contributed by atoms with van der Waals surface area (Å²) in [5, 5.41) is 20.1. The van der Waals surface area contributed by atoms with Crippen LogP contribution < -0.4 is 5.73 Å². The van der Waals surface area contributed by atoms with Crippen LogP contribution in [0.25, 0.3) is 10.8 Å². The summed E-state index contributed by atoms with van der Waals surface area (Å²) >= 11 is 0. The van der Waals surface area contributed by atoms with Crippen LogP contribution in [0.2, 0.25) is 0 Å². The van der Waals surface area contributed by atoms with Gasteiger partial charge in [0.1, 0.15) is 6.04 Å². The maximum Gasteiger partial charge on any atom is 0.320 e. The van der Waals surface area contributed by atoms with Gasteiger partial charge in [0.25, 0.3) is 0 Å². The van der Waals surface area contributed by atoms with Gasteiger partial charge in [-0.15, -0.1) is 0 Å². The van der Waals surface area contributed by atoms with Gasteiger partial charge < -0.3 is 15.9 Å². The summed E-state index contributed by atoms with van der Waals surface area (Å²) in [5.74, 6) is -3.02. The standard InChI is InChI=1S/C16H17NO4/c17-14(16(20)21)9-13(15(18)19)8-10-5-6-11-3-1-2-4-12(11)7-10/h1-7,13-14H,8-9,17H2,(H,18,19)(H,20,21)/t13-,14+/m0/s1. The zero-order chi connectivity index (χ0) is 15.4. The van der Waals surface area contributed by atoms with Crippen molar-refractivity contribution < 1.29 is 19.8 Å². The van der Waals surface area contributed by atoms with Crippen LogP contribution in [-0.2, 0) is 16.0 Å². The quantitative estimate of drug-likeness (QED) is 0.753. The number of nitrogens with two attached hydrogens (primary N) is 1. The van der Waals surface area contributed by atoms with E-state index in [0.29, 0.717) is 0 Å². The highest BCUT2D eigenvalue weighted by molar-refractivity contribution is 5.83. The second-order valence-corrected chi connectivity index (χ2v) is 5.10. The van der Waals surface area contributed by atoms with Gasteiger partial charge in [-0.1, -0.05) is 42.5 Å². The molecule has 0 aliphatic heterocycles. The zero-order valence-corrected chi connectivity index (χ0v) is 11.4. The smallest absolute Gasteiger partial charge is 0.320 e. The summed E-state index contributed by atoms with van der Waals surface area (Å²) in [6.07, 6.45) is 0.179. The van der Waals surface area contributed by atoms with Crippen molar-refractivity contribution in [2.24, 2.45) is 11.7 Å². The third-order valence-corrected chi connectivity index (χ3v) is 3.50. The number of carboxylic acid groups (broad SMARTS) is 2. The maximum atomic E-state index is 11.3. The summed E-state index contributed by atoms with van der Waals surface area (Å²) < 4.78 is 0. The van der Waals surface area contributed by atoms with Crippen LogP contribution in [0.1, 0.15) is 12.0 Å². The molecule has 2 atom stereocenters. The van der Waals surface area contributed by atoms with Crippen LogP contribution in [0, 0.1) is 5.92 Å². The van der Waals surface area contributed by atoms with Crippen LogP contribution >= 0.6 is 0 Å². The van der Waals surface area contributed by atoms with Crippen molar-refractivity contribution in [3.8, 4) is 0 Å². The molecular formula is C16H17NO4. The topological polar surface area (TPSA) is 101 Å². The Morgan fingerprint density at radius 2 is 1.67 bits per heavy atom. The van der Waals surface area contributed by atoms with E-state index in [2.05, 4.69) is 0 Å². The molecule has 21 heavy (non-hydrogen) atoms. The van der Waals surface area contributed by atoms with Crippen LogP contribution in [0.3, 0.4) is 0 Å². The molecule has 0 unspecified atom stereocenters. The van der Waals surface area contributed by atoms with Gasteiger partial charge >= 0.3 is 11.9 Å². The number of fused-ring (bicyclic) bond motifs is 1. The average Bonchev–Trinajstić information content (AvgIpc) is 2.46. The third-order valence-electron chi connectivity index (χ3n) is 3.50. The lowest BCUT2D eigenvalue weighted by molar-refractivity contribution is -0.143. The van der Waals surface area contributed by atoms with E-state index in [1.54, 1.807) is 0 Å². The van der Waals surface area contributed by atoms with Gasteiger partial charge in [-0.3, -0.25) is 9.59 Å². The van der Waals surface area contributed by atoms with Crippen molar-refractivity contribution in [2.45, 2.75) is 18.9 Å². The number of hydrogen-bond donors (Lipinski definition) is 3. The van der Waals surface area contributed by atoms with E-state index in [1.165, 1.54) is 0 Å². The minimum Gasteiger partial charge on any atom is -0.481 e. The normalized spacial score (nSPS) is 13.8. The monoisotopic (exact) mass is 287 g/mol. The predicted octanol–water partition coefficient (Wildman–Crippen LogP) is 1.89. The van der Waals surface area contributed by atoms with Gasteiger partial charge in [-0.2, -0.15) is 0 Å². The van der Waals surface area contributed by atoms with Gasteiger partial charge in [-0.25, -0.2) is 0 Å². The molecule has 2 aromatic carbocycles. The minimum atomic E-state index is -1.18. The third kappa shape index (κ3) is 3.79. The highest BCUT2D eigenvalue weighted by atomic mass is 16.4. The fraction of sp³-hybridized carbons (Fsp3) is 0.250. The second-order valence-electron chi connectivity index (χ2n) is 5.10. The molecule has 0 aliphatic rings. The van der Waals surface area contributed by atoms with Crippen molar-refractivity contribution in [3.05, 3.63) is 48.0 Å². The highest BCUT2D eigenvalue weighted by Gasteiger charge is 2.24. The Balaban J connectivity index is 2.18. The van der Waals surface area contributed by atoms with Crippen molar-refractivity contribution >= 4 is 22.7 Å². The van der Waals surface area contributed by atoms with Gasteiger partial charge in [-0.05, 0) is 29.2 Å². The van der Waals surface area contributed by atoms with Crippen molar-refractivity contribution in [1.82, 2.24) is 0 Å². The Labute approximate surface area is 122 Å². The Morgan fingerprint density at radius 3 is 2.29 bits per heavy atom. The zero-order valence-electron chi connectivity index (χ0n) is 11.4. The number of carbonyl (C=O) groups is 2. The van der Waals surface area contributed by atoms with Gasteiger partial charge in [0.2, 0.25) is 0 Å². The predicted molar refractivity (Wildman–Crippen MR) is 79.0 cm³/mol. The Morgan fingerprint density at radius 1 is 1.00 bits per heavy atom. The second kappa shape index (κ2) is 6.37. The first-order chi connectivity index (χ1) is 9.97. The maximum absolute atomic E-state index is 11.3. The minimum absolute atomic E-state index is 0.0858. The summed E-state index contributed by atoms with van der Waals surface area (Å²) in [7, 11) is 0.